The van der Waals surface area contributed by atoms with Gasteiger partial charge in [-0.25, -0.2) is 13.2 Å². The molecular weight excluding hydrogens is 261 g/mol. The second-order valence-electron chi connectivity index (χ2n) is 4.35. The number of carbonyl (C=O) groups is 2. The molecule has 1 atom stereocenters. The van der Waals surface area contributed by atoms with Crippen molar-refractivity contribution in [3.63, 3.8) is 0 Å². The van der Waals surface area contributed by atoms with E-state index in [4.69, 9.17) is 0 Å². The quantitative estimate of drug-likeness (QED) is 0.481. The number of carbonyl (C=O) groups excluding carboxylic acids is 2. The van der Waals surface area contributed by atoms with Crippen LogP contribution in [0.2, 0.25) is 0 Å². The Hall–Kier alpha value is -1.85. The van der Waals surface area contributed by atoms with Crippen molar-refractivity contribution in [3.05, 3.63) is 35.1 Å². The molecule has 0 fully saturated rings. The number of rotatable bonds is 4. The zero-order chi connectivity index (χ0) is 14.7. The van der Waals surface area contributed by atoms with Gasteiger partial charge in [-0.05, 0) is 5.92 Å². The molecule has 0 N–H and O–H groups in total. The number of Topliss-reactive ketones (excluding diaryl/α,β-unsaturated/α-hetero) is 1. The molecule has 0 bridgehead atoms. The molecule has 0 saturated carbocycles. The van der Waals surface area contributed by atoms with Gasteiger partial charge in [0.2, 0.25) is 0 Å². The molecule has 3 nitrogen and oxygen atoms in total. The van der Waals surface area contributed by atoms with E-state index in [1.54, 1.807) is 13.8 Å². The SMILES string of the molecule is COC(=O)C(C(=O)c1c(F)cc(F)cc1F)C(C)C. The van der Waals surface area contributed by atoms with Crippen LogP contribution in [0.5, 0.6) is 0 Å². The highest BCUT2D eigenvalue weighted by atomic mass is 19.1. The molecule has 19 heavy (non-hydrogen) atoms. The van der Waals surface area contributed by atoms with Crippen molar-refractivity contribution < 1.29 is 27.5 Å². The van der Waals surface area contributed by atoms with E-state index in [1.165, 1.54) is 0 Å². The fraction of sp³-hybridized carbons (Fsp3) is 0.385. The highest BCUT2D eigenvalue weighted by molar-refractivity contribution is 6.09. The Morgan fingerprint density at radius 3 is 1.95 bits per heavy atom. The van der Waals surface area contributed by atoms with Crippen LogP contribution < -0.4 is 0 Å². The Kier molecular flexibility index (Phi) is 4.69. The van der Waals surface area contributed by atoms with Crippen LogP contribution in [-0.2, 0) is 9.53 Å². The Morgan fingerprint density at radius 2 is 1.58 bits per heavy atom. The van der Waals surface area contributed by atoms with Gasteiger partial charge < -0.3 is 4.74 Å². The molecule has 6 heteroatoms. The Labute approximate surface area is 108 Å². The summed E-state index contributed by atoms with van der Waals surface area (Å²) in [5, 5.41) is 0. The number of benzene rings is 1. The second kappa shape index (κ2) is 5.86. The van der Waals surface area contributed by atoms with Gasteiger partial charge in [0.1, 0.15) is 23.4 Å². The molecule has 0 aliphatic heterocycles. The molecule has 0 amide bonds. The molecule has 1 aromatic carbocycles. The van der Waals surface area contributed by atoms with Crippen LogP contribution in [0.15, 0.2) is 12.1 Å². The molecule has 0 aliphatic rings. The van der Waals surface area contributed by atoms with Crippen molar-refractivity contribution in [1.29, 1.82) is 0 Å². The third kappa shape index (κ3) is 3.13. The van der Waals surface area contributed by atoms with Gasteiger partial charge in [-0.3, -0.25) is 9.59 Å². The van der Waals surface area contributed by atoms with Gasteiger partial charge in [0.25, 0.3) is 0 Å². The van der Waals surface area contributed by atoms with Gasteiger partial charge in [0, 0.05) is 12.1 Å². The van der Waals surface area contributed by atoms with Crippen LogP contribution in [-0.4, -0.2) is 18.9 Å². The lowest BCUT2D eigenvalue weighted by Crippen LogP contribution is -2.31. The number of ether oxygens (including phenoxy) is 1. The van der Waals surface area contributed by atoms with Crippen molar-refractivity contribution >= 4 is 11.8 Å². The monoisotopic (exact) mass is 274 g/mol. The fourth-order valence-electron chi connectivity index (χ4n) is 1.74. The minimum atomic E-state index is -1.34. The number of hydrogen-bond acceptors (Lipinski definition) is 3. The first-order chi connectivity index (χ1) is 8.79. The van der Waals surface area contributed by atoms with E-state index in [-0.39, 0.29) is 0 Å². The summed E-state index contributed by atoms with van der Waals surface area (Å²) in [6.07, 6.45) is 0. The summed E-state index contributed by atoms with van der Waals surface area (Å²) in [7, 11) is 1.07. The van der Waals surface area contributed by atoms with Gasteiger partial charge in [0.05, 0.1) is 12.7 Å². The number of halogens is 3. The molecule has 0 aromatic heterocycles. The number of methoxy groups -OCH3 is 1. The summed E-state index contributed by atoms with van der Waals surface area (Å²) in [6.45, 7) is 3.08. The zero-order valence-electron chi connectivity index (χ0n) is 10.7. The van der Waals surface area contributed by atoms with Crippen molar-refractivity contribution in [3.8, 4) is 0 Å². The van der Waals surface area contributed by atoms with Gasteiger partial charge in [-0.1, -0.05) is 13.8 Å². The van der Waals surface area contributed by atoms with Crippen LogP contribution in [0.4, 0.5) is 13.2 Å². The van der Waals surface area contributed by atoms with E-state index in [2.05, 4.69) is 4.74 Å². The van der Waals surface area contributed by atoms with Gasteiger partial charge in [0.15, 0.2) is 5.78 Å². The lowest BCUT2D eigenvalue weighted by Gasteiger charge is -2.17. The van der Waals surface area contributed by atoms with E-state index >= 15 is 0 Å². The van der Waals surface area contributed by atoms with E-state index in [9.17, 15) is 22.8 Å². The highest BCUT2D eigenvalue weighted by Gasteiger charge is 2.35. The summed E-state index contributed by atoms with van der Waals surface area (Å²) >= 11 is 0. The molecule has 0 aliphatic carbocycles. The van der Waals surface area contributed by atoms with Crippen molar-refractivity contribution in [2.45, 2.75) is 13.8 Å². The van der Waals surface area contributed by atoms with Crippen LogP contribution in [0.25, 0.3) is 0 Å². The summed E-state index contributed by atoms with van der Waals surface area (Å²) in [5.41, 5.74) is -0.925. The van der Waals surface area contributed by atoms with Crippen molar-refractivity contribution in [1.82, 2.24) is 0 Å². The summed E-state index contributed by atoms with van der Waals surface area (Å²) < 4.78 is 44.2. The minimum absolute atomic E-state index is 0.394. The van der Waals surface area contributed by atoms with E-state index < -0.39 is 46.6 Å². The third-order valence-corrected chi connectivity index (χ3v) is 2.66. The molecular formula is C13H13F3O3. The van der Waals surface area contributed by atoms with Crippen molar-refractivity contribution in [2.75, 3.05) is 7.11 Å². The predicted octanol–water partition coefficient (Wildman–Crippen LogP) is 2.73. The lowest BCUT2D eigenvalue weighted by molar-refractivity contribution is -0.144. The van der Waals surface area contributed by atoms with Gasteiger partial charge >= 0.3 is 5.97 Å². The lowest BCUT2D eigenvalue weighted by atomic mass is 9.87. The van der Waals surface area contributed by atoms with Crippen LogP contribution in [0.3, 0.4) is 0 Å². The average Bonchev–Trinajstić information content (AvgIpc) is 2.26. The number of ketones is 1. The zero-order valence-corrected chi connectivity index (χ0v) is 10.7. The molecule has 1 rings (SSSR count). The Balaban J connectivity index is 3.29. The first kappa shape index (κ1) is 15.2. The van der Waals surface area contributed by atoms with E-state index in [0.29, 0.717) is 12.1 Å². The summed E-state index contributed by atoms with van der Waals surface area (Å²) in [6, 6.07) is 0.788. The summed E-state index contributed by atoms with van der Waals surface area (Å²) in [4.78, 5) is 23.5. The molecule has 1 unspecified atom stereocenters. The largest absolute Gasteiger partial charge is 0.468 e. The fourth-order valence-corrected chi connectivity index (χ4v) is 1.74. The Morgan fingerprint density at radius 1 is 1.11 bits per heavy atom. The first-order valence-electron chi connectivity index (χ1n) is 5.56. The smallest absolute Gasteiger partial charge is 0.316 e. The number of esters is 1. The van der Waals surface area contributed by atoms with Crippen LogP contribution in [0.1, 0.15) is 24.2 Å². The Bertz CT molecular complexity index is 489. The van der Waals surface area contributed by atoms with Gasteiger partial charge in [-0.2, -0.15) is 0 Å². The molecule has 0 saturated heterocycles. The van der Waals surface area contributed by atoms with Crippen LogP contribution in [0, 0.1) is 29.3 Å². The third-order valence-electron chi connectivity index (χ3n) is 2.66. The maximum Gasteiger partial charge on any atom is 0.316 e. The van der Waals surface area contributed by atoms with Crippen molar-refractivity contribution in [2.24, 2.45) is 11.8 Å². The minimum Gasteiger partial charge on any atom is -0.468 e. The molecule has 0 heterocycles. The second-order valence-corrected chi connectivity index (χ2v) is 4.35. The maximum atomic E-state index is 13.5. The molecule has 0 radical (unpaired) electrons. The van der Waals surface area contributed by atoms with E-state index in [1.807, 2.05) is 0 Å². The molecule has 104 valence electrons. The highest BCUT2D eigenvalue weighted by Crippen LogP contribution is 2.23. The number of hydrogen-bond donors (Lipinski definition) is 0. The van der Waals surface area contributed by atoms with Crippen LogP contribution >= 0.6 is 0 Å². The molecule has 0 spiro atoms. The predicted molar refractivity (Wildman–Crippen MR) is 61.0 cm³/mol. The normalized spacial score (nSPS) is 12.4. The van der Waals surface area contributed by atoms with Gasteiger partial charge in [-0.15, -0.1) is 0 Å². The molecule has 1 aromatic rings. The first-order valence-corrected chi connectivity index (χ1v) is 5.56. The topological polar surface area (TPSA) is 43.4 Å². The average molecular weight is 274 g/mol. The summed E-state index contributed by atoms with van der Waals surface area (Å²) in [5.74, 6) is -7.59. The standard InChI is InChI=1S/C13H13F3O3/c1-6(2)10(13(18)19-3)12(17)11-8(15)4-7(14)5-9(11)16/h4-6,10H,1-3H3. The van der Waals surface area contributed by atoms with E-state index in [0.717, 1.165) is 7.11 Å². The maximum absolute atomic E-state index is 13.5.